The van der Waals surface area contributed by atoms with Crippen molar-refractivity contribution in [2.24, 2.45) is 0 Å². The van der Waals surface area contributed by atoms with Gasteiger partial charge < -0.3 is 10.2 Å². The van der Waals surface area contributed by atoms with Crippen molar-refractivity contribution in [2.45, 2.75) is 13.8 Å². The number of aryl methyl sites for hydroxylation is 2. The van der Waals surface area contributed by atoms with Crippen LogP contribution in [0.3, 0.4) is 0 Å². The molecule has 0 unspecified atom stereocenters. The highest BCUT2D eigenvalue weighted by Gasteiger charge is 2.21. The maximum atomic E-state index is 12.8. The summed E-state index contributed by atoms with van der Waals surface area (Å²) in [6, 6.07) is 5.61. The summed E-state index contributed by atoms with van der Waals surface area (Å²) in [5.74, 6) is 0.0775. The van der Waals surface area contributed by atoms with E-state index < -0.39 is 0 Å². The zero-order valence-corrected chi connectivity index (χ0v) is 13.0. The van der Waals surface area contributed by atoms with Crippen LogP contribution in [0, 0.1) is 13.8 Å². The van der Waals surface area contributed by atoms with Crippen LogP contribution in [0.15, 0.2) is 18.2 Å². The summed E-state index contributed by atoms with van der Waals surface area (Å²) in [6.07, 6.45) is 0. The van der Waals surface area contributed by atoms with Gasteiger partial charge in [-0.3, -0.25) is 9.78 Å². The molecule has 1 amide bonds. The van der Waals surface area contributed by atoms with Gasteiger partial charge in [-0.25, -0.2) is 0 Å². The highest BCUT2D eigenvalue weighted by atomic mass is 35.5. The number of aromatic nitrogens is 1. The third-order valence-corrected chi connectivity index (χ3v) is 4.34. The van der Waals surface area contributed by atoms with E-state index in [1.165, 1.54) is 0 Å². The molecule has 0 radical (unpaired) electrons. The molecule has 0 spiro atoms. The van der Waals surface area contributed by atoms with E-state index in [0.717, 1.165) is 53.9 Å². The predicted octanol–water partition coefficient (Wildman–Crippen LogP) is 2.55. The molecular formula is C16H18ClN3O. The fourth-order valence-corrected chi connectivity index (χ4v) is 2.90. The molecule has 1 saturated heterocycles. The average Bonchev–Trinajstić information content (AvgIpc) is 2.51. The largest absolute Gasteiger partial charge is 0.336 e. The molecular weight excluding hydrogens is 286 g/mol. The Morgan fingerprint density at radius 1 is 1.29 bits per heavy atom. The number of amides is 1. The van der Waals surface area contributed by atoms with E-state index in [-0.39, 0.29) is 5.91 Å². The van der Waals surface area contributed by atoms with Crippen molar-refractivity contribution in [1.29, 1.82) is 0 Å². The van der Waals surface area contributed by atoms with Crippen LogP contribution in [-0.4, -0.2) is 42.0 Å². The Morgan fingerprint density at radius 2 is 2.00 bits per heavy atom. The first-order valence-electron chi connectivity index (χ1n) is 7.14. The number of nitrogens with one attached hydrogen (secondary N) is 1. The average molecular weight is 304 g/mol. The molecule has 0 atom stereocenters. The molecule has 4 nitrogen and oxygen atoms in total. The maximum absolute atomic E-state index is 12.8. The Balaban J connectivity index is 2.13. The van der Waals surface area contributed by atoms with E-state index in [4.69, 9.17) is 11.6 Å². The molecule has 1 aliphatic rings. The topological polar surface area (TPSA) is 45.2 Å². The molecule has 3 rings (SSSR count). The van der Waals surface area contributed by atoms with Crippen molar-refractivity contribution in [1.82, 2.24) is 15.2 Å². The summed E-state index contributed by atoms with van der Waals surface area (Å²) in [5, 5.41) is 4.82. The zero-order chi connectivity index (χ0) is 15.0. The lowest BCUT2D eigenvalue weighted by Crippen LogP contribution is -2.46. The second-order valence-electron chi connectivity index (χ2n) is 5.42. The van der Waals surface area contributed by atoms with Crippen LogP contribution < -0.4 is 5.32 Å². The Bertz CT molecular complexity index is 708. The first kappa shape index (κ1) is 14.3. The lowest BCUT2D eigenvalue weighted by molar-refractivity contribution is 0.0737. The van der Waals surface area contributed by atoms with Crippen LogP contribution in [0.25, 0.3) is 10.9 Å². The molecule has 1 N–H and O–H groups in total. The van der Waals surface area contributed by atoms with Gasteiger partial charge in [0, 0.05) is 42.3 Å². The number of carbonyl (C=O) groups is 1. The fraction of sp³-hybridized carbons (Fsp3) is 0.375. The van der Waals surface area contributed by atoms with E-state index in [9.17, 15) is 4.79 Å². The first-order valence-corrected chi connectivity index (χ1v) is 7.52. The van der Waals surface area contributed by atoms with Gasteiger partial charge in [0.05, 0.1) is 11.1 Å². The SMILES string of the molecule is Cc1cc(C(=O)N2CCNCC2)c2ccc(Cl)c(C)c2n1. The minimum Gasteiger partial charge on any atom is -0.336 e. The first-order chi connectivity index (χ1) is 10.1. The number of fused-ring (bicyclic) bond motifs is 1. The van der Waals surface area contributed by atoms with E-state index >= 15 is 0 Å². The number of nitrogens with zero attached hydrogens (tertiary/aromatic N) is 2. The van der Waals surface area contributed by atoms with Gasteiger partial charge in [0.1, 0.15) is 0 Å². The molecule has 1 aromatic carbocycles. The summed E-state index contributed by atoms with van der Waals surface area (Å²) in [7, 11) is 0. The van der Waals surface area contributed by atoms with Gasteiger partial charge in [-0.05, 0) is 31.5 Å². The molecule has 1 fully saturated rings. The lowest BCUT2D eigenvalue weighted by atomic mass is 10.0. The smallest absolute Gasteiger partial charge is 0.254 e. The number of benzene rings is 1. The summed E-state index contributed by atoms with van der Waals surface area (Å²) in [4.78, 5) is 19.3. The summed E-state index contributed by atoms with van der Waals surface area (Å²) in [6.45, 7) is 7.03. The number of piperazine rings is 1. The van der Waals surface area contributed by atoms with Crippen molar-refractivity contribution in [2.75, 3.05) is 26.2 Å². The monoisotopic (exact) mass is 303 g/mol. The van der Waals surface area contributed by atoms with Crippen molar-refractivity contribution >= 4 is 28.4 Å². The predicted molar refractivity (Wildman–Crippen MR) is 85.0 cm³/mol. The molecule has 0 bridgehead atoms. The third-order valence-electron chi connectivity index (χ3n) is 3.93. The fourth-order valence-electron chi connectivity index (χ4n) is 2.75. The number of halogens is 1. The number of pyridine rings is 1. The van der Waals surface area contributed by atoms with E-state index in [2.05, 4.69) is 10.3 Å². The Morgan fingerprint density at radius 3 is 2.71 bits per heavy atom. The van der Waals surface area contributed by atoms with Crippen LogP contribution in [0.1, 0.15) is 21.6 Å². The molecule has 1 aromatic heterocycles. The lowest BCUT2D eigenvalue weighted by Gasteiger charge is -2.28. The minimum absolute atomic E-state index is 0.0775. The number of hydrogen-bond donors (Lipinski definition) is 1. The molecule has 0 saturated carbocycles. The van der Waals surface area contributed by atoms with Crippen molar-refractivity contribution in [3.63, 3.8) is 0 Å². The summed E-state index contributed by atoms with van der Waals surface area (Å²) < 4.78 is 0. The minimum atomic E-state index is 0.0775. The highest BCUT2D eigenvalue weighted by molar-refractivity contribution is 6.32. The molecule has 21 heavy (non-hydrogen) atoms. The molecule has 2 heterocycles. The maximum Gasteiger partial charge on any atom is 0.254 e. The normalized spacial score (nSPS) is 15.5. The summed E-state index contributed by atoms with van der Waals surface area (Å²) >= 11 is 6.18. The van der Waals surface area contributed by atoms with Crippen LogP contribution in [0.5, 0.6) is 0 Å². The third kappa shape index (κ3) is 2.61. The van der Waals surface area contributed by atoms with Crippen LogP contribution >= 0.6 is 11.6 Å². The van der Waals surface area contributed by atoms with Crippen LogP contribution in [0.2, 0.25) is 5.02 Å². The van der Waals surface area contributed by atoms with E-state index in [1.54, 1.807) is 0 Å². The number of rotatable bonds is 1. The van der Waals surface area contributed by atoms with Gasteiger partial charge in [-0.2, -0.15) is 0 Å². The molecule has 110 valence electrons. The van der Waals surface area contributed by atoms with Gasteiger partial charge in [0.25, 0.3) is 5.91 Å². The Kier molecular flexibility index (Phi) is 3.83. The van der Waals surface area contributed by atoms with Crippen molar-refractivity contribution < 1.29 is 4.79 Å². The Labute approximate surface area is 129 Å². The number of carbonyl (C=O) groups excluding carboxylic acids is 1. The molecule has 0 aliphatic carbocycles. The van der Waals surface area contributed by atoms with Gasteiger partial charge in [-0.1, -0.05) is 17.7 Å². The van der Waals surface area contributed by atoms with Gasteiger partial charge in [0.2, 0.25) is 0 Å². The standard InChI is InChI=1S/C16H18ClN3O/c1-10-9-13(16(21)20-7-5-18-6-8-20)12-3-4-14(17)11(2)15(12)19-10/h3-4,9,18H,5-8H2,1-2H3. The quantitative estimate of drug-likeness (QED) is 0.880. The zero-order valence-electron chi connectivity index (χ0n) is 12.2. The van der Waals surface area contributed by atoms with Crippen molar-refractivity contribution in [3.8, 4) is 0 Å². The Hall–Kier alpha value is -1.65. The molecule has 1 aliphatic heterocycles. The van der Waals surface area contributed by atoms with E-state index in [0.29, 0.717) is 5.02 Å². The van der Waals surface area contributed by atoms with Gasteiger partial charge >= 0.3 is 0 Å². The summed E-state index contributed by atoms with van der Waals surface area (Å²) in [5.41, 5.74) is 3.30. The second kappa shape index (κ2) is 5.62. The van der Waals surface area contributed by atoms with Gasteiger partial charge in [-0.15, -0.1) is 0 Å². The number of hydrogen-bond acceptors (Lipinski definition) is 3. The van der Waals surface area contributed by atoms with Crippen LogP contribution in [-0.2, 0) is 0 Å². The molecule has 2 aromatic rings. The molecule has 5 heteroatoms. The highest BCUT2D eigenvalue weighted by Crippen LogP contribution is 2.27. The van der Waals surface area contributed by atoms with Crippen LogP contribution in [0.4, 0.5) is 0 Å². The van der Waals surface area contributed by atoms with Crippen molar-refractivity contribution in [3.05, 3.63) is 40.0 Å². The van der Waals surface area contributed by atoms with Gasteiger partial charge in [0.15, 0.2) is 0 Å². The second-order valence-corrected chi connectivity index (χ2v) is 5.83. The van der Waals surface area contributed by atoms with E-state index in [1.807, 2.05) is 36.9 Å².